The van der Waals surface area contributed by atoms with E-state index < -0.39 is 5.72 Å². The summed E-state index contributed by atoms with van der Waals surface area (Å²) >= 11 is 0. The molecule has 1 amide bonds. The molecule has 2 aliphatic heterocycles. The number of carbonyl (C=O) groups excluding carboxylic acids is 1. The van der Waals surface area contributed by atoms with E-state index in [1.54, 1.807) is 0 Å². The van der Waals surface area contributed by atoms with Crippen LogP contribution < -0.4 is 0 Å². The van der Waals surface area contributed by atoms with Gasteiger partial charge in [0.1, 0.15) is 0 Å². The maximum atomic E-state index is 12.7. The molecule has 3 rings (SSSR count). The van der Waals surface area contributed by atoms with Gasteiger partial charge in [0.15, 0.2) is 5.72 Å². The lowest BCUT2D eigenvalue weighted by Gasteiger charge is -2.37. The minimum atomic E-state index is -0.521. The molecule has 1 saturated heterocycles. The predicted octanol–water partition coefficient (Wildman–Crippen LogP) is 3.29. The van der Waals surface area contributed by atoms with E-state index in [4.69, 9.17) is 4.74 Å². The second-order valence-electron chi connectivity index (χ2n) is 6.18. The lowest BCUT2D eigenvalue weighted by Crippen LogP contribution is -2.49. The highest BCUT2D eigenvalue weighted by Crippen LogP contribution is 2.51. The van der Waals surface area contributed by atoms with Gasteiger partial charge in [-0.25, -0.2) is 0 Å². The molecule has 3 nitrogen and oxygen atoms in total. The van der Waals surface area contributed by atoms with Crippen molar-refractivity contribution in [3.63, 3.8) is 0 Å². The summed E-state index contributed by atoms with van der Waals surface area (Å²) in [5.74, 6) is 0.120. The Hall–Kier alpha value is -1.35. The summed E-state index contributed by atoms with van der Waals surface area (Å²) in [5, 5.41) is 0. The van der Waals surface area contributed by atoms with Crippen molar-refractivity contribution in [3.8, 4) is 0 Å². The normalized spacial score (nSPS) is 27.5. The fourth-order valence-corrected chi connectivity index (χ4v) is 3.42. The van der Waals surface area contributed by atoms with Crippen LogP contribution in [0.5, 0.6) is 0 Å². The van der Waals surface area contributed by atoms with Gasteiger partial charge in [-0.15, -0.1) is 0 Å². The molecule has 0 saturated carbocycles. The van der Waals surface area contributed by atoms with Crippen LogP contribution in [0.1, 0.15) is 56.0 Å². The minimum absolute atomic E-state index is 0.120. The summed E-state index contributed by atoms with van der Waals surface area (Å²) in [7, 11) is 0. The first-order valence-corrected chi connectivity index (χ1v) is 7.11. The first-order valence-electron chi connectivity index (χ1n) is 7.11. The van der Waals surface area contributed by atoms with Crippen molar-refractivity contribution in [2.24, 2.45) is 0 Å². The number of benzene rings is 1. The van der Waals surface area contributed by atoms with Gasteiger partial charge in [-0.1, -0.05) is 31.5 Å². The van der Waals surface area contributed by atoms with Gasteiger partial charge in [-0.2, -0.15) is 0 Å². The fraction of sp³-hybridized carbons (Fsp3) is 0.562. The molecule has 102 valence electrons. The van der Waals surface area contributed by atoms with Crippen LogP contribution in [0.25, 0.3) is 0 Å². The van der Waals surface area contributed by atoms with Crippen molar-refractivity contribution in [2.75, 3.05) is 6.61 Å². The van der Waals surface area contributed by atoms with Crippen LogP contribution in [-0.4, -0.2) is 23.0 Å². The van der Waals surface area contributed by atoms with Crippen molar-refractivity contribution in [2.45, 2.75) is 51.3 Å². The average molecular weight is 259 g/mol. The number of hydrogen-bond donors (Lipinski definition) is 0. The molecular weight excluding hydrogens is 238 g/mol. The maximum Gasteiger partial charge on any atom is 0.257 e. The Labute approximate surface area is 114 Å². The Morgan fingerprint density at radius 2 is 2.05 bits per heavy atom. The Bertz CT molecular complexity index is 523. The van der Waals surface area contributed by atoms with E-state index in [9.17, 15) is 4.79 Å². The smallest absolute Gasteiger partial charge is 0.257 e. The van der Waals surface area contributed by atoms with Crippen LogP contribution in [0.4, 0.5) is 0 Å². The highest BCUT2D eigenvalue weighted by atomic mass is 16.5. The van der Waals surface area contributed by atoms with E-state index in [0.29, 0.717) is 6.61 Å². The Morgan fingerprint density at radius 1 is 1.32 bits per heavy atom. The summed E-state index contributed by atoms with van der Waals surface area (Å²) < 4.78 is 6.18. The van der Waals surface area contributed by atoms with Gasteiger partial charge in [-0.05, 0) is 32.8 Å². The standard InChI is InChI=1S/C16H21NO2/c1-4-5-10-16-13-9-7-6-8-12(13)14(18)17(16)15(2,3)11-19-16/h6-9H,4-5,10-11H2,1-3H3. The lowest BCUT2D eigenvalue weighted by atomic mass is 9.95. The topological polar surface area (TPSA) is 29.5 Å². The molecule has 0 aromatic heterocycles. The number of ether oxygens (including phenoxy) is 1. The zero-order chi connectivity index (χ0) is 13.7. The molecule has 1 atom stereocenters. The van der Waals surface area contributed by atoms with Gasteiger partial charge < -0.3 is 4.74 Å². The molecule has 19 heavy (non-hydrogen) atoms. The van der Waals surface area contributed by atoms with E-state index in [0.717, 1.165) is 30.4 Å². The number of hydrogen-bond acceptors (Lipinski definition) is 2. The predicted molar refractivity (Wildman–Crippen MR) is 73.8 cm³/mol. The third kappa shape index (κ3) is 1.57. The van der Waals surface area contributed by atoms with Crippen molar-refractivity contribution >= 4 is 5.91 Å². The van der Waals surface area contributed by atoms with Crippen molar-refractivity contribution < 1.29 is 9.53 Å². The number of carbonyl (C=O) groups is 1. The quantitative estimate of drug-likeness (QED) is 0.833. The third-order valence-corrected chi connectivity index (χ3v) is 4.28. The minimum Gasteiger partial charge on any atom is -0.349 e. The van der Waals surface area contributed by atoms with Crippen LogP contribution in [0.2, 0.25) is 0 Å². The molecule has 1 unspecified atom stereocenters. The van der Waals surface area contributed by atoms with Gasteiger partial charge in [0, 0.05) is 11.1 Å². The van der Waals surface area contributed by atoms with Gasteiger partial charge >= 0.3 is 0 Å². The zero-order valence-corrected chi connectivity index (χ0v) is 11.9. The number of unbranched alkanes of at least 4 members (excludes halogenated alkanes) is 1. The number of nitrogens with zero attached hydrogens (tertiary/aromatic N) is 1. The first kappa shape index (κ1) is 12.7. The Kier molecular flexibility index (Phi) is 2.72. The zero-order valence-electron chi connectivity index (χ0n) is 11.9. The van der Waals surface area contributed by atoms with Crippen LogP contribution >= 0.6 is 0 Å². The molecule has 0 spiro atoms. The number of fused-ring (bicyclic) bond motifs is 3. The van der Waals surface area contributed by atoms with E-state index in [-0.39, 0.29) is 11.4 Å². The second-order valence-corrected chi connectivity index (χ2v) is 6.18. The molecular formula is C16H21NO2. The summed E-state index contributed by atoms with van der Waals surface area (Å²) in [5.41, 5.74) is 1.11. The van der Waals surface area contributed by atoms with Crippen molar-refractivity contribution in [1.82, 2.24) is 4.90 Å². The second kappa shape index (κ2) is 4.07. The Balaban J connectivity index is 2.14. The van der Waals surface area contributed by atoms with Crippen LogP contribution in [0, 0.1) is 0 Å². The van der Waals surface area contributed by atoms with Crippen molar-refractivity contribution in [1.29, 1.82) is 0 Å². The van der Waals surface area contributed by atoms with E-state index in [2.05, 4.69) is 20.8 Å². The Morgan fingerprint density at radius 3 is 2.79 bits per heavy atom. The molecule has 0 N–H and O–H groups in total. The molecule has 0 aliphatic carbocycles. The van der Waals surface area contributed by atoms with E-state index in [1.807, 2.05) is 29.2 Å². The molecule has 1 aromatic rings. The highest BCUT2D eigenvalue weighted by Gasteiger charge is 2.60. The largest absolute Gasteiger partial charge is 0.349 e. The summed E-state index contributed by atoms with van der Waals surface area (Å²) in [6.45, 7) is 6.95. The maximum absolute atomic E-state index is 12.7. The highest BCUT2D eigenvalue weighted by molar-refractivity contribution is 6.00. The van der Waals surface area contributed by atoms with Gasteiger partial charge in [0.25, 0.3) is 5.91 Å². The summed E-state index contributed by atoms with van der Waals surface area (Å²) in [6.07, 6.45) is 3.06. The van der Waals surface area contributed by atoms with Gasteiger partial charge in [0.2, 0.25) is 0 Å². The van der Waals surface area contributed by atoms with Gasteiger partial charge in [0.05, 0.1) is 12.1 Å². The summed E-state index contributed by atoms with van der Waals surface area (Å²) in [6, 6.07) is 7.89. The third-order valence-electron chi connectivity index (χ3n) is 4.28. The van der Waals surface area contributed by atoms with Crippen LogP contribution in [0.15, 0.2) is 24.3 Å². The van der Waals surface area contributed by atoms with Crippen LogP contribution in [0.3, 0.4) is 0 Å². The molecule has 1 aromatic carbocycles. The fourth-order valence-electron chi connectivity index (χ4n) is 3.42. The van der Waals surface area contributed by atoms with E-state index in [1.165, 1.54) is 0 Å². The average Bonchev–Trinajstić information content (AvgIpc) is 2.81. The SMILES string of the molecule is CCCCC12OCC(C)(C)N1C(=O)c1ccccc12. The number of amides is 1. The summed E-state index contributed by atoms with van der Waals surface area (Å²) in [4.78, 5) is 14.7. The molecule has 1 fully saturated rings. The van der Waals surface area contributed by atoms with Crippen LogP contribution in [-0.2, 0) is 10.5 Å². The molecule has 0 radical (unpaired) electrons. The number of rotatable bonds is 3. The molecule has 2 aliphatic rings. The van der Waals surface area contributed by atoms with Crippen molar-refractivity contribution in [3.05, 3.63) is 35.4 Å². The van der Waals surface area contributed by atoms with Gasteiger partial charge in [-0.3, -0.25) is 9.69 Å². The van der Waals surface area contributed by atoms with E-state index >= 15 is 0 Å². The molecule has 2 heterocycles. The molecule has 3 heteroatoms. The monoisotopic (exact) mass is 259 g/mol. The molecule has 0 bridgehead atoms. The first-order chi connectivity index (χ1) is 9.03. The lowest BCUT2D eigenvalue weighted by molar-refractivity contribution is -0.0771.